The number of rotatable bonds is 4. The smallest absolute Gasteiger partial charge is 0.407 e. The third kappa shape index (κ3) is 4.51. The van der Waals surface area contributed by atoms with Gasteiger partial charge in [-0.1, -0.05) is 12.1 Å². The molecule has 0 aliphatic carbocycles. The number of likely N-dealkylation sites (tertiary alicyclic amines) is 1. The molecule has 1 atom stereocenters. The van der Waals surface area contributed by atoms with Gasteiger partial charge in [0, 0.05) is 44.2 Å². The van der Waals surface area contributed by atoms with Gasteiger partial charge in [0.15, 0.2) is 0 Å². The first-order valence-electron chi connectivity index (χ1n) is 10.6. The molecule has 6 amide bonds. The van der Waals surface area contributed by atoms with Crippen LogP contribution in [0.25, 0.3) is 0 Å². The van der Waals surface area contributed by atoms with Gasteiger partial charge in [-0.25, -0.2) is 9.59 Å². The van der Waals surface area contributed by atoms with Crippen LogP contribution in [0.15, 0.2) is 18.2 Å². The highest BCUT2D eigenvalue weighted by Gasteiger charge is 2.39. The van der Waals surface area contributed by atoms with Gasteiger partial charge in [0.25, 0.3) is 5.91 Å². The minimum absolute atomic E-state index is 0.0784. The maximum Gasteiger partial charge on any atom is 0.407 e. The Bertz CT molecular complexity index is 971. The first-order chi connectivity index (χ1) is 15.3. The summed E-state index contributed by atoms with van der Waals surface area (Å²) in [6.45, 7) is 1.33. The van der Waals surface area contributed by atoms with Crippen LogP contribution in [0.4, 0.5) is 9.59 Å². The summed E-state index contributed by atoms with van der Waals surface area (Å²) in [5, 5.41) is 16.9. The largest absolute Gasteiger partial charge is 0.465 e. The number of carbonyl (C=O) groups excluding carboxylic acids is 4. The van der Waals surface area contributed by atoms with E-state index in [1.165, 1.54) is 9.80 Å². The van der Waals surface area contributed by atoms with Crippen LogP contribution in [0.1, 0.15) is 47.2 Å². The molecule has 0 aromatic heterocycles. The minimum Gasteiger partial charge on any atom is -0.465 e. The summed E-state index contributed by atoms with van der Waals surface area (Å²) in [6.07, 6.45) is 0.702. The summed E-state index contributed by atoms with van der Waals surface area (Å²) in [7, 11) is 0. The van der Waals surface area contributed by atoms with Gasteiger partial charge < -0.3 is 25.5 Å². The van der Waals surface area contributed by atoms with Gasteiger partial charge >= 0.3 is 12.1 Å². The van der Waals surface area contributed by atoms with Crippen molar-refractivity contribution in [2.75, 3.05) is 13.1 Å². The molecule has 4 rings (SSSR count). The Morgan fingerprint density at radius 2 is 1.88 bits per heavy atom. The first-order valence-corrected chi connectivity index (χ1v) is 10.6. The number of benzene rings is 1. The van der Waals surface area contributed by atoms with E-state index >= 15 is 0 Å². The average Bonchev–Trinajstić information content (AvgIpc) is 3.08. The number of hydrogen-bond acceptors (Lipinski definition) is 5. The number of nitrogens with zero attached hydrogens (tertiary/aromatic N) is 2. The minimum atomic E-state index is -0.945. The Balaban J connectivity index is 1.30. The number of piperidine rings is 2. The van der Waals surface area contributed by atoms with E-state index in [4.69, 9.17) is 5.11 Å². The summed E-state index contributed by atoms with van der Waals surface area (Å²) in [4.78, 5) is 62.2. The zero-order valence-electron chi connectivity index (χ0n) is 17.4. The van der Waals surface area contributed by atoms with Crippen LogP contribution in [-0.4, -0.2) is 69.9 Å². The number of imide groups is 1. The standard InChI is InChI=1S/C21H25N5O6/c27-17-4-3-16(18(28)24-17)26-11-13-9-12(1-2-15(13)19(26)29)10-22-20(30)23-14-5-7-25(8-6-14)21(31)32/h1-2,9,14,16H,3-8,10-11H2,(H,31,32)(H2,22,23,30)(H,24,27,28). The van der Waals surface area contributed by atoms with E-state index in [2.05, 4.69) is 16.0 Å². The topological polar surface area (TPSA) is 148 Å². The Kier molecular flexibility index (Phi) is 5.97. The fraction of sp³-hybridized carbons (Fsp3) is 0.476. The molecule has 170 valence electrons. The Morgan fingerprint density at radius 3 is 2.56 bits per heavy atom. The molecule has 1 unspecified atom stereocenters. The predicted molar refractivity (Wildman–Crippen MR) is 110 cm³/mol. The van der Waals surface area contributed by atoms with Crippen LogP contribution < -0.4 is 16.0 Å². The molecule has 0 radical (unpaired) electrons. The quantitative estimate of drug-likeness (QED) is 0.495. The highest BCUT2D eigenvalue weighted by atomic mass is 16.4. The van der Waals surface area contributed by atoms with Crippen LogP contribution in [0, 0.1) is 0 Å². The molecule has 1 aromatic carbocycles. The van der Waals surface area contributed by atoms with E-state index in [1.54, 1.807) is 12.1 Å². The highest BCUT2D eigenvalue weighted by molar-refractivity contribution is 6.05. The molecule has 4 N–H and O–H groups in total. The van der Waals surface area contributed by atoms with Crippen molar-refractivity contribution in [3.63, 3.8) is 0 Å². The number of amides is 6. The van der Waals surface area contributed by atoms with Gasteiger partial charge in [-0.2, -0.15) is 0 Å². The lowest BCUT2D eigenvalue weighted by atomic mass is 10.0. The molecule has 11 heteroatoms. The first kappa shape index (κ1) is 21.6. The maximum atomic E-state index is 12.7. The molecule has 3 aliphatic rings. The van der Waals surface area contributed by atoms with Gasteiger partial charge in [0.2, 0.25) is 11.8 Å². The Labute approximate surface area is 184 Å². The summed E-state index contributed by atoms with van der Waals surface area (Å²) in [5.41, 5.74) is 2.12. The summed E-state index contributed by atoms with van der Waals surface area (Å²) in [6, 6.07) is 4.22. The van der Waals surface area contributed by atoms with Gasteiger partial charge in [0.05, 0.1) is 0 Å². The molecule has 3 aliphatic heterocycles. The number of nitrogens with one attached hydrogen (secondary N) is 3. The van der Waals surface area contributed by atoms with Crippen molar-refractivity contribution in [2.24, 2.45) is 0 Å². The Hall–Kier alpha value is -3.63. The van der Waals surface area contributed by atoms with Crippen LogP contribution in [0.5, 0.6) is 0 Å². The number of carboxylic acid groups (broad SMARTS) is 1. The number of urea groups is 1. The van der Waals surface area contributed by atoms with E-state index in [0.29, 0.717) is 37.9 Å². The lowest BCUT2D eigenvalue weighted by Crippen LogP contribution is -2.52. The van der Waals surface area contributed by atoms with Crippen molar-refractivity contribution in [1.82, 2.24) is 25.8 Å². The molecule has 2 saturated heterocycles. The second-order valence-electron chi connectivity index (χ2n) is 8.26. The summed E-state index contributed by atoms with van der Waals surface area (Å²) >= 11 is 0. The summed E-state index contributed by atoms with van der Waals surface area (Å²) in [5.74, 6) is -1.01. The fourth-order valence-corrected chi connectivity index (χ4v) is 4.37. The van der Waals surface area contributed by atoms with Crippen LogP contribution in [0.2, 0.25) is 0 Å². The molecule has 2 fully saturated rings. The van der Waals surface area contributed by atoms with Crippen molar-refractivity contribution in [3.05, 3.63) is 34.9 Å². The third-order valence-corrected chi connectivity index (χ3v) is 6.14. The average molecular weight is 443 g/mol. The van der Waals surface area contributed by atoms with Gasteiger partial charge in [0.1, 0.15) is 6.04 Å². The van der Waals surface area contributed by atoms with E-state index in [9.17, 15) is 24.0 Å². The molecule has 11 nitrogen and oxygen atoms in total. The molecular weight excluding hydrogens is 418 g/mol. The van der Waals surface area contributed by atoms with Gasteiger partial charge in [-0.05, 0) is 36.5 Å². The SMILES string of the molecule is O=C1CCC(N2Cc3cc(CNC(=O)NC4CCN(C(=O)O)CC4)ccc3C2=O)C(=O)N1. The van der Waals surface area contributed by atoms with Crippen LogP contribution in [0.3, 0.4) is 0 Å². The van der Waals surface area contributed by atoms with E-state index in [-0.39, 0.29) is 43.4 Å². The molecule has 0 saturated carbocycles. The predicted octanol–water partition coefficient (Wildman–Crippen LogP) is 0.389. The number of fused-ring (bicyclic) bond motifs is 1. The molecule has 3 heterocycles. The van der Waals surface area contributed by atoms with E-state index in [0.717, 1.165) is 11.1 Å². The third-order valence-electron chi connectivity index (χ3n) is 6.14. The molecule has 32 heavy (non-hydrogen) atoms. The van der Waals surface area contributed by atoms with Crippen molar-refractivity contribution in [1.29, 1.82) is 0 Å². The van der Waals surface area contributed by atoms with Crippen molar-refractivity contribution in [3.8, 4) is 0 Å². The molecule has 0 spiro atoms. The fourth-order valence-electron chi connectivity index (χ4n) is 4.37. The molecule has 0 bridgehead atoms. The monoisotopic (exact) mass is 443 g/mol. The normalized spacial score (nSPS) is 21.2. The van der Waals surface area contributed by atoms with Crippen molar-refractivity contribution in [2.45, 2.75) is 50.9 Å². The summed E-state index contributed by atoms with van der Waals surface area (Å²) < 4.78 is 0. The lowest BCUT2D eigenvalue weighted by Gasteiger charge is -2.30. The van der Waals surface area contributed by atoms with Crippen molar-refractivity contribution < 1.29 is 29.1 Å². The van der Waals surface area contributed by atoms with Gasteiger partial charge in [-0.15, -0.1) is 0 Å². The second-order valence-corrected chi connectivity index (χ2v) is 8.26. The molecular formula is C21H25N5O6. The Morgan fingerprint density at radius 1 is 1.12 bits per heavy atom. The van der Waals surface area contributed by atoms with E-state index in [1.807, 2.05) is 6.07 Å². The lowest BCUT2D eigenvalue weighted by molar-refractivity contribution is -0.136. The van der Waals surface area contributed by atoms with Crippen LogP contribution in [-0.2, 0) is 22.7 Å². The van der Waals surface area contributed by atoms with Gasteiger partial charge in [-0.3, -0.25) is 19.7 Å². The second kappa shape index (κ2) is 8.85. The van der Waals surface area contributed by atoms with Crippen LogP contribution >= 0.6 is 0 Å². The van der Waals surface area contributed by atoms with E-state index < -0.39 is 18.0 Å². The highest BCUT2D eigenvalue weighted by Crippen LogP contribution is 2.28. The maximum absolute atomic E-state index is 12.7. The zero-order valence-corrected chi connectivity index (χ0v) is 17.4. The molecule has 1 aromatic rings. The number of hydrogen-bond donors (Lipinski definition) is 4. The number of carbonyl (C=O) groups is 5. The zero-order chi connectivity index (χ0) is 22.8. The van der Waals surface area contributed by atoms with Crippen molar-refractivity contribution >= 4 is 29.8 Å².